The number of ether oxygens (including phenoxy) is 1. The molecule has 0 aliphatic carbocycles. The first-order valence-corrected chi connectivity index (χ1v) is 22.0. The zero-order valence-corrected chi connectivity index (χ0v) is 38.4. The molecule has 68 heavy (non-hydrogen) atoms. The number of unbranched alkanes of at least 4 members (excludes halogenated alkanes) is 2. The van der Waals surface area contributed by atoms with Crippen LogP contribution in [-0.2, 0) is 40.2 Å². The number of nitrogens with one attached hydrogen (secondary N) is 5. The van der Waals surface area contributed by atoms with Gasteiger partial charge in [-0.3, -0.25) is 38.5 Å². The third kappa shape index (κ3) is 14.7. The standard InChI is InChI=1S/C49H56N10O9/c1-31(2)46(56-42(60)14-6-5-9-26-59-44(62)23-24-45(59)63)48(65)55-39(13-10-25-52-49(51)66)47(64)54-34-18-15-32(16-19-34)30-68-57-43(61)22-17-33-27-36(20-21-41(33)67-4)58(3)40-28-35(29-50)53-38-12-8-7-11-37(38)40/h7-8,11-12,15-24,27-28,31,39,46H,5-6,9-10,13-14,25-26,30H2,1-4H3,(H,54,64)(H,55,65)(H,56,60)(H,57,61)(H3,51,52,66)/b22-17+/t39-,46?/m0/s1. The number of carbonyl (C=O) groups is 7. The number of para-hydroxylation sites is 1. The lowest BCUT2D eigenvalue weighted by molar-refractivity contribution is -0.137. The highest BCUT2D eigenvalue weighted by atomic mass is 16.6. The van der Waals surface area contributed by atoms with Crippen LogP contribution < -0.4 is 42.1 Å². The molecule has 3 aromatic carbocycles. The molecule has 1 unspecified atom stereocenters. The minimum atomic E-state index is -1.05. The second kappa shape index (κ2) is 25.0. The van der Waals surface area contributed by atoms with E-state index in [1.165, 1.54) is 25.3 Å². The molecule has 19 heteroatoms. The zero-order valence-electron chi connectivity index (χ0n) is 38.4. The number of primary amides is 1. The van der Waals surface area contributed by atoms with E-state index in [0.717, 1.165) is 21.7 Å². The Labute approximate surface area is 394 Å². The predicted molar refractivity (Wildman–Crippen MR) is 254 cm³/mol. The van der Waals surface area contributed by atoms with Crippen LogP contribution in [0.15, 0.2) is 91.0 Å². The summed E-state index contributed by atoms with van der Waals surface area (Å²) in [6, 6.07) is 20.8. The molecule has 4 aromatic rings. The molecule has 19 nitrogen and oxygen atoms in total. The Morgan fingerprint density at radius 1 is 0.912 bits per heavy atom. The number of methoxy groups -OCH3 is 1. The van der Waals surface area contributed by atoms with E-state index in [1.54, 1.807) is 56.3 Å². The smallest absolute Gasteiger partial charge is 0.312 e. The number of hydrogen-bond acceptors (Lipinski definition) is 12. The fraction of sp³-hybridized carbons (Fsp3) is 0.327. The Morgan fingerprint density at radius 2 is 1.65 bits per heavy atom. The number of nitriles is 1. The molecule has 1 aromatic heterocycles. The van der Waals surface area contributed by atoms with E-state index >= 15 is 0 Å². The van der Waals surface area contributed by atoms with Crippen LogP contribution >= 0.6 is 0 Å². The SMILES string of the molecule is COc1ccc(N(C)c2cc(C#N)nc3ccccc23)cc1/C=C/C(=O)NOCc1ccc(NC(=O)[C@H](CCCNC(N)=O)NC(=O)C(NC(=O)CCCCCN2C(=O)C=CC2=O)C(C)C)cc1. The molecule has 0 bridgehead atoms. The molecule has 0 saturated carbocycles. The molecular formula is C49H56N10O9. The number of rotatable bonds is 24. The highest BCUT2D eigenvalue weighted by molar-refractivity contribution is 6.12. The Balaban J connectivity index is 1.12. The van der Waals surface area contributed by atoms with Crippen molar-refractivity contribution in [2.45, 2.75) is 71.1 Å². The third-order valence-corrected chi connectivity index (χ3v) is 10.9. The molecule has 2 atom stereocenters. The molecule has 1 aliphatic heterocycles. The van der Waals surface area contributed by atoms with Gasteiger partial charge in [-0.1, -0.05) is 50.6 Å². The monoisotopic (exact) mass is 928 g/mol. The number of benzene rings is 3. The minimum absolute atomic E-state index is 0.00578. The Bertz CT molecular complexity index is 2570. The topological polar surface area (TPSA) is 267 Å². The summed E-state index contributed by atoms with van der Waals surface area (Å²) in [5, 5.41) is 21.2. The maximum Gasteiger partial charge on any atom is 0.312 e. The van der Waals surface area contributed by atoms with Gasteiger partial charge < -0.3 is 36.6 Å². The number of aromatic nitrogens is 1. The number of amides is 8. The van der Waals surface area contributed by atoms with Gasteiger partial charge in [0, 0.05) is 67.1 Å². The summed E-state index contributed by atoms with van der Waals surface area (Å²) >= 11 is 0. The number of pyridine rings is 1. The van der Waals surface area contributed by atoms with Crippen molar-refractivity contribution in [1.82, 2.24) is 31.3 Å². The van der Waals surface area contributed by atoms with Gasteiger partial charge in [0.25, 0.3) is 17.7 Å². The first kappa shape index (κ1) is 50.9. The molecular weight excluding hydrogens is 873 g/mol. The number of imide groups is 1. The van der Waals surface area contributed by atoms with Crippen LogP contribution in [0.2, 0.25) is 0 Å². The van der Waals surface area contributed by atoms with Gasteiger partial charge in [0.05, 0.1) is 24.9 Å². The van der Waals surface area contributed by atoms with Crippen molar-refractivity contribution in [1.29, 1.82) is 5.26 Å². The molecule has 7 N–H and O–H groups in total. The van der Waals surface area contributed by atoms with Crippen molar-refractivity contribution in [3.8, 4) is 11.8 Å². The molecule has 5 rings (SSSR count). The van der Waals surface area contributed by atoms with Gasteiger partial charge in [-0.25, -0.2) is 15.3 Å². The average Bonchev–Trinajstić information content (AvgIpc) is 3.65. The second-order valence-electron chi connectivity index (χ2n) is 16.2. The van der Waals surface area contributed by atoms with E-state index in [1.807, 2.05) is 48.3 Å². The number of urea groups is 1. The van der Waals surface area contributed by atoms with Gasteiger partial charge in [-0.05, 0) is 85.7 Å². The number of hydrogen-bond donors (Lipinski definition) is 6. The van der Waals surface area contributed by atoms with Crippen molar-refractivity contribution in [3.05, 3.63) is 108 Å². The van der Waals surface area contributed by atoms with Crippen LogP contribution in [0.25, 0.3) is 17.0 Å². The van der Waals surface area contributed by atoms with Crippen LogP contribution in [-0.4, -0.2) is 90.7 Å². The van der Waals surface area contributed by atoms with Crippen molar-refractivity contribution in [2.75, 3.05) is 37.5 Å². The van der Waals surface area contributed by atoms with Gasteiger partial charge >= 0.3 is 6.03 Å². The largest absolute Gasteiger partial charge is 0.496 e. The normalized spacial score (nSPS) is 13.0. The van der Waals surface area contributed by atoms with Crippen molar-refractivity contribution in [3.63, 3.8) is 0 Å². The quantitative estimate of drug-likeness (QED) is 0.0243. The van der Waals surface area contributed by atoms with E-state index in [4.69, 9.17) is 15.3 Å². The van der Waals surface area contributed by atoms with Gasteiger partial charge in [-0.15, -0.1) is 0 Å². The molecule has 0 radical (unpaired) electrons. The number of nitrogens with zero attached hydrogens (tertiary/aromatic N) is 4. The maximum atomic E-state index is 13.6. The van der Waals surface area contributed by atoms with Crippen LogP contribution in [0.4, 0.5) is 21.9 Å². The van der Waals surface area contributed by atoms with E-state index in [2.05, 4.69) is 37.8 Å². The molecule has 0 fully saturated rings. The lowest BCUT2D eigenvalue weighted by Crippen LogP contribution is -2.54. The first-order valence-electron chi connectivity index (χ1n) is 22.0. The van der Waals surface area contributed by atoms with Crippen LogP contribution in [0, 0.1) is 17.2 Å². The number of carbonyl (C=O) groups excluding carboxylic acids is 7. The Kier molecular flexibility index (Phi) is 18.7. The fourth-order valence-corrected chi connectivity index (χ4v) is 7.21. The van der Waals surface area contributed by atoms with Crippen LogP contribution in [0.5, 0.6) is 5.75 Å². The summed E-state index contributed by atoms with van der Waals surface area (Å²) in [6.07, 6.45) is 7.49. The highest BCUT2D eigenvalue weighted by Gasteiger charge is 2.29. The summed E-state index contributed by atoms with van der Waals surface area (Å²) in [6.45, 7) is 3.94. The highest BCUT2D eigenvalue weighted by Crippen LogP contribution is 2.34. The van der Waals surface area contributed by atoms with E-state index in [0.29, 0.717) is 53.8 Å². The summed E-state index contributed by atoms with van der Waals surface area (Å²) in [7, 11) is 3.40. The van der Waals surface area contributed by atoms with E-state index in [-0.39, 0.29) is 61.9 Å². The number of nitrogens with two attached hydrogens (primary N) is 1. The van der Waals surface area contributed by atoms with Gasteiger partial charge in [-0.2, -0.15) is 5.26 Å². The van der Waals surface area contributed by atoms with Crippen LogP contribution in [0.3, 0.4) is 0 Å². The Hall–Kier alpha value is -8.11. The Morgan fingerprint density at radius 3 is 2.34 bits per heavy atom. The number of fused-ring (bicyclic) bond motifs is 1. The van der Waals surface area contributed by atoms with Crippen molar-refractivity contribution >= 4 is 75.5 Å². The zero-order chi connectivity index (χ0) is 49.2. The maximum absolute atomic E-state index is 13.6. The lowest BCUT2D eigenvalue weighted by atomic mass is 10.0. The fourth-order valence-electron chi connectivity index (χ4n) is 7.21. The van der Waals surface area contributed by atoms with Gasteiger partial charge in [0.2, 0.25) is 17.7 Å². The minimum Gasteiger partial charge on any atom is -0.496 e. The van der Waals surface area contributed by atoms with Crippen molar-refractivity contribution < 1.29 is 43.1 Å². The predicted octanol–water partition coefficient (Wildman–Crippen LogP) is 4.64. The van der Waals surface area contributed by atoms with Crippen molar-refractivity contribution in [2.24, 2.45) is 11.7 Å². The van der Waals surface area contributed by atoms with E-state index < -0.39 is 35.8 Å². The van der Waals surface area contributed by atoms with Gasteiger partial charge in [0.1, 0.15) is 29.6 Å². The molecule has 2 heterocycles. The molecule has 356 valence electrons. The average molecular weight is 929 g/mol. The number of hydroxylamine groups is 1. The number of anilines is 3. The second-order valence-corrected chi connectivity index (χ2v) is 16.2. The lowest BCUT2D eigenvalue weighted by Gasteiger charge is -2.25. The third-order valence-electron chi connectivity index (χ3n) is 10.9. The summed E-state index contributed by atoms with van der Waals surface area (Å²) in [4.78, 5) is 100. The molecule has 8 amide bonds. The molecule has 1 aliphatic rings. The van der Waals surface area contributed by atoms with Gasteiger partial charge in [0.15, 0.2) is 0 Å². The molecule has 0 saturated heterocycles. The molecule has 0 spiro atoms. The van der Waals surface area contributed by atoms with E-state index in [9.17, 15) is 38.8 Å². The summed E-state index contributed by atoms with van der Waals surface area (Å²) in [5.74, 6) is -2.51. The summed E-state index contributed by atoms with van der Waals surface area (Å²) < 4.78 is 5.54. The summed E-state index contributed by atoms with van der Waals surface area (Å²) in [5.41, 5.74) is 11.8. The van der Waals surface area contributed by atoms with Crippen LogP contribution in [0.1, 0.15) is 69.2 Å². The first-order chi connectivity index (χ1) is 32.7.